The Kier molecular flexibility index (Phi) is 7.09. The second kappa shape index (κ2) is 10.0. The maximum Gasteiger partial charge on any atom is 0.253 e. The van der Waals surface area contributed by atoms with E-state index >= 15 is 0 Å². The first kappa shape index (κ1) is 23.4. The summed E-state index contributed by atoms with van der Waals surface area (Å²) in [5.41, 5.74) is 1.45. The lowest BCUT2D eigenvalue weighted by Gasteiger charge is -2.26. The summed E-state index contributed by atoms with van der Waals surface area (Å²) < 4.78 is 40.3. The molecule has 0 radical (unpaired) electrons. The van der Waals surface area contributed by atoms with Crippen LogP contribution in [0.5, 0.6) is 0 Å². The zero-order chi connectivity index (χ0) is 23.4. The molecule has 1 unspecified atom stereocenters. The van der Waals surface area contributed by atoms with Crippen molar-refractivity contribution < 1.29 is 22.4 Å². The molecule has 2 amide bonds. The number of carbonyl (C=O) groups is 2. The molecule has 2 heterocycles. The number of rotatable bonds is 6. The topological polar surface area (TPSA) is 86.8 Å². The lowest BCUT2D eigenvalue weighted by atomic mass is 10.1. The molecule has 0 spiro atoms. The third-order valence-corrected chi connectivity index (χ3v) is 8.16. The molecule has 2 aromatic carbocycles. The number of nitrogens with one attached hydrogen (secondary N) is 1. The molecule has 1 N–H and O–H groups in total. The number of amides is 2. The summed E-state index contributed by atoms with van der Waals surface area (Å²) in [7, 11) is -3.89. The largest absolute Gasteiger partial charge is 0.351 e. The van der Waals surface area contributed by atoms with E-state index in [9.17, 15) is 22.4 Å². The number of benzene rings is 2. The van der Waals surface area contributed by atoms with Crippen molar-refractivity contribution >= 4 is 21.8 Å². The molecule has 0 bridgehead atoms. The number of hydrogen-bond acceptors (Lipinski definition) is 4. The highest BCUT2D eigenvalue weighted by Crippen LogP contribution is 2.26. The van der Waals surface area contributed by atoms with Crippen molar-refractivity contribution in [1.82, 2.24) is 14.5 Å². The highest BCUT2D eigenvalue weighted by Gasteiger charge is 2.39. The van der Waals surface area contributed by atoms with Crippen molar-refractivity contribution in [2.75, 3.05) is 19.6 Å². The van der Waals surface area contributed by atoms with Crippen molar-refractivity contribution in [2.45, 2.75) is 49.6 Å². The molecule has 2 saturated heterocycles. The van der Waals surface area contributed by atoms with E-state index in [0.29, 0.717) is 18.4 Å². The molecule has 7 nitrogen and oxygen atoms in total. The zero-order valence-corrected chi connectivity index (χ0v) is 19.2. The van der Waals surface area contributed by atoms with Crippen LogP contribution < -0.4 is 5.32 Å². The predicted molar refractivity (Wildman–Crippen MR) is 121 cm³/mol. The summed E-state index contributed by atoms with van der Waals surface area (Å²) in [4.78, 5) is 27.2. The van der Waals surface area contributed by atoms with Crippen molar-refractivity contribution in [3.05, 3.63) is 65.5 Å². The molecule has 0 aliphatic carbocycles. The Morgan fingerprint density at radius 3 is 2.24 bits per heavy atom. The minimum atomic E-state index is -3.89. The molecule has 33 heavy (non-hydrogen) atoms. The number of nitrogens with zero attached hydrogens (tertiary/aromatic N) is 2. The van der Waals surface area contributed by atoms with Gasteiger partial charge in [0.05, 0.1) is 4.90 Å². The van der Waals surface area contributed by atoms with Crippen LogP contribution in [0.25, 0.3) is 0 Å². The molecule has 0 aromatic heterocycles. The quantitative estimate of drug-likeness (QED) is 0.699. The molecule has 176 valence electrons. The van der Waals surface area contributed by atoms with E-state index in [1.807, 2.05) is 4.90 Å². The third kappa shape index (κ3) is 5.25. The van der Waals surface area contributed by atoms with Gasteiger partial charge in [-0.05, 0) is 74.1 Å². The first-order valence-electron chi connectivity index (χ1n) is 11.3. The summed E-state index contributed by atoms with van der Waals surface area (Å²) in [5.74, 6) is -0.863. The molecule has 9 heteroatoms. The van der Waals surface area contributed by atoms with Crippen LogP contribution in [0.4, 0.5) is 4.39 Å². The minimum Gasteiger partial charge on any atom is -0.351 e. The van der Waals surface area contributed by atoms with Gasteiger partial charge in [-0.1, -0.05) is 12.1 Å². The van der Waals surface area contributed by atoms with Gasteiger partial charge < -0.3 is 10.2 Å². The standard InChI is InChI=1S/C24H28FN3O4S/c25-20-10-12-21(13-11-20)33(31,32)28-16-4-5-22(28)23(29)26-17-18-6-8-19(9-7-18)24(30)27-14-2-1-3-15-27/h6-13,22H,1-5,14-17H2,(H,26,29). The Labute approximate surface area is 193 Å². The highest BCUT2D eigenvalue weighted by molar-refractivity contribution is 7.89. The summed E-state index contributed by atoms with van der Waals surface area (Å²) in [6, 6.07) is 10.9. The second-order valence-corrected chi connectivity index (χ2v) is 10.4. The van der Waals surface area contributed by atoms with Gasteiger partial charge in [-0.3, -0.25) is 9.59 Å². The Balaban J connectivity index is 1.37. The van der Waals surface area contributed by atoms with E-state index in [-0.39, 0.29) is 29.8 Å². The smallest absolute Gasteiger partial charge is 0.253 e. The SMILES string of the molecule is O=C(NCc1ccc(C(=O)N2CCCCC2)cc1)C1CCCN1S(=O)(=O)c1ccc(F)cc1. The normalized spacial score (nSPS) is 19.4. The van der Waals surface area contributed by atoms with E-state index in [1.54, 1.807) is 24.3 Å². The Hall–Kier alpha value is -2.78. The number of carbonyl (C=O) groups excluding carboxylic acids is 2. The number of sulfonamides is 1. The summed E-state index contributed by atoms with van der Waals surface area (Å²) >= 11 is 0. The van der Waals surface area contributed by atoms with Gasteiger partial charge in [-0.15, -0.1) is 0 Å². The van der Waals surface area contributed by atoms with Gasteiger partial charge in [0.1, 0.15) is 11.9 Å². The fourth-order valence-electron chi connectivity index (χ4n) is 4.38. The van der Waals surface area contributed by atoms with E-state index in [1.165, 1.54) is 16.4 Å². The van der Waals surface area contributed by atoms with Crippen molar-refractivity contribution in [3.63, 3.8) is 0 Å². The fraction of sp³-hybridized carbons (Fsp3) is 0.417. The van der Waals surface area contributed by atoms with Gasteiger partial charge in [0.15, 0.2) is 0 Å². The first-order chi connectivity index (χ1) is 15.9. The maximum atomic E-state index is 13.2. The molecular weight excluding hydrogens is 445 g/mol. The van der Waals surface area contributed by atoms with E-state index in [0.717, 1.165) is 50.0 Å². The lowest BCUT2D eigenvalue weighted by Crippen LogP contribution is -2.45. The molecule has 2 aromatic rings. The van der Waals surface area contributed by atoms with Crippen LogP contribution in [-0.2, 0) is 21.4 Å². The van der Waals surface area contributed by atoms with Gasteiger partial charge in [-0.25, -0.2) is 12.8 Å². The fourth-order valence-corrected chi connectivity index (χ4v) is 6.04. The maximum absolute atomic E-state index is 13.2. The van der Waals surface area contributed by atoms with Gasteiger partial charge in [-0.2, -0.15) is 4.31 Å². The van der Waals surface area contributed by atoms with Crippen LogP contribution in [0, 0.1) is 5.82 Å². The first-order valence-corrected chi connectivity index (χ1v) is 12.7. The Morgan fingerprint density at radius 1 is 0.909 bits per heavy atom. The van der Waals surface area contributed by atoms with Gasteiger partial charge in [0, 0.05) is 31.7 Å². The average molecular weight is 474 g/mol. The van der Waals surface area contributed by atoms with Crippen LogP contribution in [0.1, 0.15) is 48.0 Å². The van der Waals surface area contributed by atoms with Crippen molar-refractivity contribution in [3.8, 4) is 0 Å². The second-order valence-electron chi connectivity index (χ2n) is 8.50. The molecule has 2 fully saturated rings. The lowest BCUT2D eigenvalue weighted by molar-refractivity contribution is -0.124. The minimum absolute atomic E-state index is 0.0258. The molecular formula is C24H28FN3O4S. The summed E-state index contributed by atoms with van der Waals surface area (Å²) in [5, 5.41) is 2.82. The third-order valence-electron chi connectivity index (χ3n) is 6.24. The molecule has 1 atom stereocenters. The van der Waals surface area contributed by atoms with Crippen LogP contribution in [-0.4, -0.2) is 55.1 Å². The summed E-state index contributed by atoms with van der Waals surface area (Å²) in [6.45, 7) is 2.05. The number of piperidine rings is 1. The van der Waals surface area contributed by atoms with Crippen LogP contribution in [0.2, 0.25) is 0 Å². The highest BCUT2D eigenvalue weighted by atomic mass is 32.2. The molecule has 4 rings (SSSR count). The van der Waals surface area contributed by atoms with Crippen LogP contribution in [0.15, 0.2) is 53.4 Å². The van der Waals surface area contributed by atoms with Gasteiger partial charge >= 0.3 is 0 Å². The predicted octanol–water partition coefficient (Wildman–Crippen LogP) is 2.92. The van der Waals surface area contributed by atoms with Gasteiger partial charge in [0.2, 0.25) is 15.9 Å². The average Bonchev–Trinajstić information content (AvgIpc) is 3.34. The zero-order valence-electron chi connectivity index (χ0n) is 18.4. The monoisotopic (exact) mass is 473 g/mol. The number of hydrogen-bond donors (Lipinski definition) is 1. The molecule has 2 aliphatic heterocycles. The van der Waals surface area contributed by atoms with E-state index in [4.69, 9.17) is 0 Å². The van der Waals surface area contributed by atoms with E-state index in [2.05, 4.69) is 5.32 Å². The van der Waals surface area contributed by atoms with Gasteiger partial charge in [0.25, 0.3) is 5.91 Å². The van der Waals surface area contributed by atoms with Crippen molar-refractivity contribution in [1.29, 1.82) is 0 Å². The van der Waals surface area contributed by atoms with Crippen molar-refractivity contribution in [2.24, 2.45) is 0 Å². The Morgan fingerprint density at radius 2 is 1.58 bits per heavy atom. The molecule has 0 saturated carbocycles. The van der Waals surface area contributed by atoms with E-state index < -0.39 is 21.9 Å². The Bertz CT molecular complexity index is 1100. The van der Waals surface area contributed by atoms with Crippen LogP contribution in [0.3, 0.4) is 0 Å². The molecule has 2 aliphatic rings. The number of halogens is 1. The summed E-state index contributed by atoms with van der Waals surface area (Å²) in [6.07, 6.45) is 4.23. The number of likely N-dealkylation sites (tertiary alicyclic amines) is 1. The van der Waals surface area contributed by atoms with Crippen LogP contribution >= 0.6 is 0 Å².